The Balaban J connectivity index is 1.74. The number of rotatable bonds is 7. The van der Waals surface area contributed by atoms with E-state index in [2.05, 4.69) is 17.0 Å². The molecule has 1 aliphatic rings. The molecule has 0 amide bonds. The first kappa shape index (κ1) is 17.6. The molecule has 1 atom stereocenters. The van der Waals surface area contributed by atoms with E-state index < -0.39 is 0 Å². The zero-order chi connectivity index (χ0) is 17.8. The molecular formula is C20H26N2O3. The summed E-state index contributed by atoms with van der Waals surface area (Å²) < 4.78 is 16.2. The third-order valence-corrected chi connectivity index (χ3v) is 4.91. The molecule has 134 valence electrons. The van der Waals surface area contributed by atoms with Gasteiger partial charge in [0.05, 0.1) is 21.3 Å². The van der Waals surface area contributed by atoms with Crippen molar-refractivity contribution in [3.8, 4) is 17.2 Å². The molecule has 5 nitrogen and oxygen atoms in total. The van der Waals surface area contributed by atoms with Gasteiger partial charge in [-0.25, -0.2) is 0 Å². The smallest absolute Gasteiger partial charge is 0.160 e. The average molecular weight is 342 g/mol. The van der Waals surface area contributed by atoms with Crippen molar-refractivity contribution in [3.05, 3.63) is 53.1 Å². The molecule has 0 aromatic heterocycles. The number of nitrogens with two attached hydrogens (primary N) is 1. The second kappa shape index (κ2) is 7.76. The van der Waals surface area contributed by atoms with Crippen LogP contribution in [0, 0.1) is 0 Å². The highest BCUT2D eigenvalue weighted by atomic mass is 16.5. The summed E-state index contributed by atoms with van der Waals surface area (Å²) in [4.78, 5) is 2.42. The number of benzene rings is 2. The van der Waals surface area contributed by atoms with E-state index in [4.69, 9.17) is 19.9 Å². The third-order valence-electron chi connectivity index (χ3n) is 4.91. The maximum Gasteiger partial charge on any atom is 0.160 e. The Morgan fingerprint density at radius 1 is 1.00 bits per heavy atom. The molecule has 0 radical (unpaired) electrons. The van der Waals surface area contributed by atoms with Crippen molar-refractivity contribution in [2.75, 3.05) is 34.4 Å². The minimum atomic E-state index is 0.241. The molecule has 1 heterocycles. The van der Waals surface area contributed by atoms with Crippen LogP contribution in [-0.2, 0) is 13.0 Å². The first-order valence-electron chi connectivity index (χ1n) is 8.52. The van der Waals surface area contributed by atoms with Gasteiger partial charge in [0.1, 0.15) is 5.75 Å². The number of nitrogens with zero attached hydrogens (tertiary/aromatic N) is 1. The van der Waals surface area contributed by atoms with Crippen molar-refractivity contribution in [1.82, 2.24) is 4.90 Å². The van der Waals surface area contributed by atoms with E-state index in [0.29, 0.717) is 6.54 Å². The van der Waals surface area contributed by atoms with Crippen LogP contribution in [0.3, 0.4) is 0 Å². The Morgan fingerprint density at radius 2 is 1.76 bits per heavy atom. The highest BCUT2D eigenvalue weighted by Gasteiger charge is 2.30. The average Bonchev–Trinajstić information content (AvgIpc) is 3.03. The lowest BCUT2D eigenvalue weighted by molar-refractivity contribution is 0.221. The van der Waals surface area contributed by atoms with Crippen LogP contribution < -0.4 is 19.9 Å². The molecule has 0 spiro atoms. The van der Waals surface area contributed by atoms with Gasteiger partial charge in [0, 0.05) is 31.2 Å². The molecule has 0 saturated carbocycles. The van der Waals surface area contributed by atoms with E-state index in [1.807, 2.05) is 24.3 Å². The SMILES string of the molecule is COc1ccc(CCN2Cc3c(OC)cccc3C2CN)cc1OC. The van der Waals surface area contributed by atoms with Gasteiger partial charge in [-0.05, 0) is 35.7 Å². The normalized spacial score (nSPS) is 16.6. The Kier molecular flexibility index (Phi) is 5.46. The topological polar surface area (TPSA) is 57.0 Å². The van der Waals surface area contributed by atoms with Crippen LogP contribution in [0.2, 0.25) is 0 Å². The molecule has 25 heavy (non-hydrogen) atoms. The van der Waals surface area contributed by atoms with Crippen LogP contribution in [0.25, 0.3) is 0 Å². The highest BCUT2D eigenvalue weighted by molar-refractivity contribution is 5.45. The van der Waals surface area contributed by atoms with Crippen LogP contribution >= 0.6 is 0 Å². The molecular weight excluding hydrogens is 316 g/mol. The zero-order valence-electron chi connectivity index (χ0n) is 15.1. The summed E-state index contributed by atoms with van der Waals surface area (Å²) in [6.45, 7) is 2.40. The second-order valence-electron chi connectivity index (χ2n) is 6.19. The molecule has 0 bridgehead atoms. The van der Waals surface area contributed by atoms with E-state index in [9.17, 15) is 0 Å². The van der Waals surface area contributed by atoms with Crippen LogP contribution in [0.4, 0.5) is 0 Å². The van der Waals surface area contributed by atoms with Gasteiger partial charge in [0.15, 0.2) is 11.5 Å². The third kappa shape index (κ3) is 3.43. The number of hydrogen-bond acceptors (Lipinski definition) is 5. The molecule has 2 aromatic carbocycles. The largest absolute Gasteiger partial charge is 0.496 e. The van der Waals surface area contributed by atoms with Crippen LogP contribution in [0.5, 0.6) is 17.2 Å². The molecule has 0 fully saturated rings. The molecule has 0 saturated heterocycles. The molecule has 3 rings (SSSR count). The van der Waals surface area contributed by atoms with Crippen molar-refractivity contribution >= 4 is 0 Å². The van der Waals surface area contributed by atoms with Crippen molar-refractivity contribution in [3.63, 3.8) is 0 Å². The van der Waals surface area contributed by atoms with Gasteiger partial charge >= 0.3 is 0 Å². The molecule has 1 unspecified atom stereocenters. The molecule has 2 aromatic rings. The van der Waals surface area contributed by atoms with E-state index in [1.165, 1.54) is 16.7 Å². The Morgan fingerprint density at radius 3 is 2.44 bits per heavy atom. The van der Waals surface area contributed by atoms with E-state index >= 15 is 0 Å². The van der Waals surface area contributed by atoms with Crippen molar-refractivity contribution in [2.24, 2.45) is 5.73 Å². The summed E-state index contributed by atoms with van der Waals surface area (Å²) in [6.07, 6.45) is 0.924. The summed E-state index contributed by atoms with van der Waals surface area (Å²) in [5, 5.41) is 0. The van der Waals surface area contributed by atoms with Crippen molar-refractivity contribution < 1.29 is 14.2 Å². The van der Waals surface area contributed by atoms with Crippen molar-refractivity contribution in [1.29, 1.82) is 0 Å². The van der Waals surface area contributed by atoms with E-state index in [0.717, 1.165) is 36.8 Å². The first-order chi connectivity index (χ1) is 12.2. The predicted octanol–water partition coefficient (Wildman–Crippen LogP) is 2.77. The molecule has 1 aliphatic heterocycles. The van der Waals surface area contributed by atoms with Gasteiger partial charge in [-0.3, -0.25) is 4.90 Å². The number of ether oxygens (including phenoxy) is 3. The van der Waals surface area contributed by atoms with Gasteiger partial charge in [-0.15, -0.1) is 0 Å². The minimum Gasteiger partial charge on any atom is -0.496 e. The second-order valence-corrected chi connectivity index (χ2v) is 6.19. The number of methoxy groups -OCH3 is 3. The van der Waals surface area contributed by atoms with Crippen LogP contribution in [-0.4, -0.2) is 39.3 Å². The molecule has 0 aliphatic carbocycles. The van der Waals surface area contributed by atoms with Gasteiger partial charge in [0.25, 0.3) is 0 Å². The standard InChI is InChI=1S/C20H26N2O3/c1-23-18-6-4-5-15-16(18)13-22(17(15)12-21)10-9-14-7-8-19(24-2)20(11-14)25-3/h4-8,11,17H,9-10,12-13,21H2,1-3H3. The Hall–Kier alpha value is -2.24. The summed E-state index contributed by atoms with van der Waals surface area (Å²) in [7, 11) is 5.03. The molecule has 5 heteroatoms. The number of fused-ring (bicyclic) bond motifs is 1. The number of hydrogen-bond donors (Lipinski definition) is 1. The van der Waals surface area contributed by atoms with E-state index in [-0.39, 0.29) is 6.04 Å². The lowest BCUT2D eigenvalue weighted by Crippen LogP contribution is -2.29. The van der Waals surface area contributed by atoms with Crippen molar-refractivity contribution in [2.45, 2.75) is 19.0 Å². The zero-order valence-corrected chi connectivity index (χ0v) is 15.1. The summed E-state index contributed by atoms with van der Waals surface area (Å²) >= 11 is 0. The minimum absolute atomic E-state index is 0.241. The fourth-order valence-corrected chi connectivity index (χ4v) is 3.59. The maximum atomic E-state index is 6.06. The Labute approximate surface area is 149 Å². The summed E-state index contributed by atoms with van der Waals surface area (Å²) in [5.41, 5.74) is 9.83. The quantitative estimate of drug-likeness (QED) is 0.838. The first-order valence-corrected chi connectivity index (χ1v) is 8.52. The van der Waals surface area contributed by atoms with Gasteiger partial charge in [-0.2, -0.15) is 0 Å². The monoisotopic (exact) mass is 342 g/mol. The maximum absolute atomic E-state index is 6.06. The molecule has 2 N–H and O–H groups in total. The van der Waals surface area contributed by atoms with Gasteiger partial charge in [-0.1, -0.05) is 18.2 Å². The lowest BCUT2D eigenvalue weighted by atomic mass is 10.0. The Bertz CT molecular complexity index is 733. The highest BCUT2D eigenvalue weighted by Crippen LogP contribution is 2.38. The summed E-state index contributed by atoms with van der Waals surface area (Å²) in [5.74, 6) is 2.47. The fraction of sp³-hybridized carbons (Fsp3) is 0.400. The van der Waals surface area contributed by atoms with Gasteiger partial charge in [0.2, 0.25) is 0 Å². The summed E-state index contributed by atoms with van der Waals surface area (Å²) in [6, 6.07) is 12.5. The lowest BCUT2D eigenvalue weighted by Gasteiger charge is -2.23. The van der Waals surface area contributed by atoms with Crippen LogP contribution in [0.1, 0.15) is 22.7 Å². The van der Waals surface area contributed by atoms with Gasteiger partial charge < -0.3 is 19.9 Å². The van der Waals surface area contributed by atoms with Crippen LogP contribution in [0.15, 0.2) is 36.4 Å². The fourth-order valence-electron chi connectivity index (χ4n) is 3.59. The van der Waals surface area contributed by atoms with E-state index in [1.54, 1.807) is 21.3 Å². The predicted molar refractivity (Wildman–Crippen MR) is 98.4 cm³/mol.